The number of carbonyl (C=O) groups excluding carboxylic acids is 3. The Balaban J connectivity index is 1.45. The molecule has 0 aromatic carbocycles. The molecule has 0 bridgehead atoms. The molecule has 1 aromatic heterocycles. The van der Waals surface area contributed by atoms with Crippen LogP contribution in [0.25, 0.3) is 0 Å². The van der Waals surface area contributed by atoms with Gasteiger partial charge in [-0.15, -0.1) is 0 Å². The Labute approximate surface area is 157 Å². The third kappa shape index (κ3) is 3.09. The summed E-state index contributed by atoms with van der Waals surface area (Å²) in [4.78, 5) is 47.8. The number of amides is 4. The smallest absolute Gasteiger partial charge is 0.322 e. The molecular formula is C18H26N6O3. The maximum atomic E-state index is 12.6. The number of aromatic nitrogens is 2. The van der Waals surface area contributed by atoms with E-state index in [-0.39, 0.29) is 17.9 Å². The molecule has 2 fully saturated rings. The largest absolute Gasteiger partial charge is 0.348 e. The number of rotatable bonds is 4. The highest BCUT2D eigenvalue weighted by atomic mass is 16.2. The van der Waals surface area contributed by atoms with Crippen LogP contribution in [0.1, 0.15) is 44.0 Å². The molecule has 4 heterocycles. The van der Waals surface area contributed by atoms with Gasteiger partial charge in [0.25, 0.3) is 5.91 Å². The van der Waals surface area contributed by atoms with Gasteiger partial charge in [-0.1, -0.05) is 6.92 Å². The summed E-state index contributed by atoms with van der Waals surface area (Å²) in [5.41, 5.74) is 2.24. The monoisotopic (exact) mass is 374 g/mol. The molecule has 0 saturated carbocycles. The van der Waals surface area contributed by atoms with E-state index in [1.54, 1.807) is 6.33 Å². The van der Waals surface area contributed by atoms with E-state index >= 15 is 0 Å². The van der Waals surface area contributed by atoms with Gasteiger partial charge in [0.15, 0.2) is 0 Å². The molecule has 4 rings (SSSR count). The van der Waals surface area contributed by atoms with Gasteiger partial charge in [0.2, 0.25) is 5.91 Å². The number of hydrogen-bond donors (Lipinski definition) is 3. The molecule has 1 aromatic rings. The summed E-state index contributed by atoms with van der Waals surface area (Å²) < 4.78 is 0. The number of urea groups is 1. The first-order valence-corrected chi connectivity index (χ1v) is 9.70. The highest BCUT2D eigenvalue weighted by molar-refractivity contribution is 6.05. The molecule has 1 unspecified atom stereocenters. The number of aromatic amines is 1. The summed E-state index contributed by atoms with van der Waals surface area (Å²) in [5.74, 6) is -0.517. The molecule has 2 saturated heterocycles. The average molecular weight is 374 g/mol. The van der Waals surface area contributed by atoms with Gasteiger partial charge >= 0.3 is 6.03 Å². The molecule has 3 aliphatic rings. The Bertz CT molecular complexity index is 752. The number of nitrogens with zero attached hydrogens (tertiary/aromatic N) is 3. The van der Waals surface area contributed by atoms with Crippen molar-refractivity contribution in [1.82, 2.24) is 30.4 Å². The second kappa shape index (κ2) is 6.95. The van der Waals surface area contributed by atoms with Crippen molar-refractivity contribution >= 4 is 17.8 Å². The van der Waals surface area contributed by atoms with E-state index in [9.17, 15) is 14.4 Å². The fourth-order valence-electron chi connectivity index (χ4n) is 4.70. The zero-order valence-electron chi connectivity index (χ0n) is 15.6. The van der Waals surface area contributed by atoms with Crippen LogP contribution < -0.4 is 10.6 Å². The lowest BCUT2D eigenvalue weighted by molar-refractivity contribution is -0.136. The lowest BCUT2D eigenvalue weighted by Gasteiger charge is -2.50. The van der Waals surface area contributed by atoms with Crippen molar-refractivity contribution in [3.63, 3.8) is 0 Å². The van der Waals surface area contributed by atoms with Crippen molar-refractivity contribution in [3.05, 3.63) is 17.7 Å². The Kier molecular flexibility index (Phi) is 4.63. The Hall–Kier alpha value is -2.42. The number of H-pyrrole nitrogens is 1. The first kappa shape index (κ1) is 18.0. The van der Waals surface area contributed by atoms with Crippen LogP contribution in [0.4, 0.5) is 4.79 Å². The van der Waals surface area contributed by atoms with Crippen molar-refractivity contribution < 1.29 is 14.4 Å². The molecular weight excluding hydrogens is 348 g/mol. The van der Waals surface area contributed by atoms with Gasteiger partial charge in [-0.2, -0.15) is 0 Å². The molecule has 9 nitrogen and oxygen atoms in total. The van der Waals surface area contributed by atoms with Crippen LogP contribution in [0, 0.1) is 0 Å². The van der Waals surface area contributed by atoms with Crippen LogP contribution in [0.3, 0.4) is 0 Å². The summed E-state index contributed by atoms with van der Waals surface area (Å²) >= 11 is 0. The fraction of sp³-hybridized carbons (Fsp3) is 0.667. The molecule has 3 aliphatic heterocycles. The number of imide groups is 1. The van der Waals surface area contributed by atoms with E-state index in [0.29, 0.717) is 13.1 Å². The van der Waals surface area contributed by atoms with E-state index in [1.807, 2.05) is 4.90 Å². The predicted octanol–water partition coefficient (Wildman–Crippen LogP) is 0.0936. The van der Waals surface area contributed by atoms with Gasteiger partial charge < -0.3 is 15.2 Å². The summed E-state index contributed by atoms with van der Waals surface area (Å²) in [6, 6.07) is -1.29. The third-order valence-corrected chi connectivity index (χ3v) is 6.07. The standard InChI is InChI=1S/C18H26N6O3/c1-2-6-24-7-3-12-15(20-11-19-12)18(24)4-8-23(9-5-18)14(25)10-13-16(26)22-17(27)21-13/h11,13H,2-10H2,1H3,(H,19,20)(H2,21,22,26,27). The normalized spacial score (nSPS) is 24.6. The van der Waals surface area contributed by atoms with Crippen LogP contribution in [0.5, 0.6) is 0 Å². The Morgan fingerprint density at radius 3 is 2.74 bits per heavy atom. The summed E-state index contributed by atoms with van der Waals surface area (Å²) in [5, 5.41) is 4.67. The molecule has 0 aliphatic carbocycles. The molecule has 27 heavy (non-hydrogen) atoms. The van der Waals surface area contributed by atoms with Crippen molar-refractivity contribution in [2.75, 3.05) is 26.2 Å². The Morgan fingerprint density at radius 1 is 1.30 bits per heavy atom. The van der Waals surface area contributed by atoms with Crippen molar-refractivity contribution in [2.24, 2.45) is 0 Å². The number of nitrogens with one attached hydrogen (secondary N) is 3. The second-order valence-electron chi connectivity index (χ2n) is 7.60. The molecule has 0 radical (unpaired) electrons. The van der Waals surface area contributed by atoms with Crippen LogP contribution >= 0.6 is 0 Å². The summed E-state index contributed by atoms with van der Waals surface area (Å²) in [6.45, 7) is 5.48. The van der Waals surface area contributed by atoms with Gasteiger partial charge in [-0.25, -0.2) is 9.78 Å². The lowest BCUT2D eigenvalue weighted by Crippen LogP contribution is -2.57. The lowest BCUT2D eigenvalue weighted by atomic mass is 9.78. The quantitative estimate of drug-likeness (QED) is 0.647. The van der Waals surface area contributed by atoms with Gasteiger partial charge in [0, 0.05) is 31.7 Å². The number of hydrogen-bond acceptors (Lipinski definition) is 5. The minimum absolute atomic E-state index is 0.0108. The van der Waals surface area contributed by atoms with Crippen LogP contribution in [0.2, 0.25) is 0 Å². The first-order valence-electron chi connectivity index (χ1n) is 9.70. The van der Waals surface area contributed by atoms with Crippen molar-refractivity contribution in [2.45, 2.75) is 50.6 Å². The van der Waals surface area contributed by atoms with E-state index in [1.165, 1.54) is 5.69 Å². The maximum Gasteiger partial charge on any atom is 0.322 e. The minimum atomic E-state index is -0.759. The first-order chi connectivity index (χ1) is 13.0. The molecule has 146 valence electrons. The van der Waals surface area contributed by atoms with Gasteiger partial charge in [-0.05, 0) is 25.8 Å². The van der Waals surface area contributed by atoms with E-state index < -0.39 is 18.0 Å². The molecule has 9 heteroatoms. The van der Waals surface area contributed by atoms with E-state index in [2.05, 4.69) is 32.4 Å². The summed E-state index contributed by atoms with van der Waals surface area (Å²) in [6.07, 6.45) is 5.52. The van der Waals surface area contributed by atoms with Gasteiger partial charge in [0.05, 0.1) is 24.0 Å². The zero-order chi connectivity index (χ0) is 19.0. The third-order valence-electron chi connectivity index (χ3n) is 6.07. The molecule has 1 atom stereocenters. The van der Waals surface area contributed by atoms with Crippen LogP contribution in [-0.4, -0.2) is 69.8 Å². The molecule has 3 N–H and O–H groups in total. The highest BCUT2D eigenvalue weighted by Crippen LogP contribution is 2.42. The zero-order valence-corrected chi connectivity index (χ0v) is 15.6. The van der Waals surface area contributed by atoms with Crippen LogP contribution in [0.15, 0.2) is 6.33 Å². The predicted molar refractivity (Wildman–Crippen MR) is 96.7 cm³/mol. The SMILES string of the molecule is CCCN1CCc2[nH]cnc2C12CCN(C(=O)CC1NC(=O)NC1=O)CC2. The topological polar surface area (TPSA) is 110 Å². The Morgan fingerprint density at radius 2 is 2.07 bits per heavy atom. The van der Waals surface area contributed by atoms with E-state index in [4.69, 9.17) is 0 Å². The number of likely N-dealkylation sites (tertiary alicyclic amines) is 1. The number of piperidine rings is 1. The molecule has 1 spiro atoms. The number of imidazole rings is 1. The fourth-order valence-corrected chi connectivity index (χ4v) is 4.70. The number of carbonyl (C=O) groups is 3. The minimum Gasteiger partial charge on any atom is -0.348 e. The van der Waals surface area contributed by atoms with Gasteiger partial charge in [0.1, 0.15) is 6.04 Å². The maximum absolute atomic E-state index is 12.6. The van der Waals surface area contributed by atoms with E-state index in [0.717, 1.165) is 44.5 Å². The van der Waals surface area contributed by atoms with Crippen LogP contribution in [-0.2, 0) is 21.5 Å². The van der Waals surface area contributed by atoms with Crippen molar-refractivity contribution in [3.8, 4) is 0 Å². The highest BCUT2D eigenvalue weighted by Gasteiger charge is 2.47. The average Bonchev–Trinajstić information content (AvgIpc) is 3.25. The summed E-state index contributed by atoms with van der Waals surface area (Å²) in [7, 11) is 0. The van der Waals surface area contributed by atoms with Gasteiger partial charge in [-0.3, -0.25) is 19.8 Å². The second-order valence-corrected chi connectivity index (χ2v) is 7.60. The van der Waals surface area contributed by atoms with Crippen molar-refractivity contribution in [1.29, 1.82) is 0 Å². The number of fused-ring (bicyclic) bond motifs is 2. The molecule has 4 amide bonds.